The summed E-state index contributed by atoms with van der Waals surface area (Å²) in [5.74, 6) is 1.91. The van der Waals surface area contributed by atoms with Crippen molar-refractivity contribution in [2.75, 3.05) is 0 Å². The molecule has 0 N–H and O–H groups in total. The van der Waals surface area contributed by atoms with Crippen molar-refractivity contribution in [2.24, 2.45) is 0 Å². The lowest BCUT2D eigenvalue weighted by molar-refractivity contribution is 1.07. The van der Waals surface area contributed by atoms with Gasteiger partial charge in [0.2, 0.25) is 0 Å². The number of aromatic nitrogens is 4. The van der Waals surface area contributed by atoms with E-state index >= 15 is 0 Å². The number of para-hydroxylation sites is 1. The van der Waals surface area contributed by atoms with Crippen LogP contribution in [0, 0.1) is 0 Å². The second-order valence-electron chi connectivity index (χ2n) is 14.3. The summed E-state index contributed by atoms with van der Waals surface area (Å²) in [5, 5.41) is 9.57. The van der Waals surface area contributed by atoms with E-state index in [1.807, 2.05) is 0 Å². The molecule has 2 heterocycles. The maximum atomic E-state index is 5.34. The molecule has 0 amide bonds. The average Bonchev–Trinajstić information content (AvgIpc) is 3.54. The first-order chi connectivity index (χ1) is 27.3. The van der Waals surface area contributed by atoms with E-state index in [0.29, 0.717) is 17.5 Å². The molecule has 0 saturated carbocycles. The van der Waals surface area contributed by atoms with Gasteiger partial charge in [-0.15, -0.1) is 0 Å². The van der Waals surface area contributed by atoms with Crippen LogP contribution in [0.1, 0.15) is 0 Å². The highest BCUT2D eigenvalue weighted by molar-refractivity contribution is 6.27. The zero-order valence-corrected chi connectivity index (χ0v) is 29.6. The maximum Gasteiger partial charge on any atom is 0.166 e. The molecule has 55 heavy (non-hydrogen) atoms. The van der Waals surface area contributed by atoms with Crippen LogP contribution in [0.4, 0.5) is 0 Å². The Morgan fingerprint density at radius 2 is 0.636 bits per heavy atom. The predicted molar refractivity (Wildman–Crippen MR) is 227 cm³/mol. The Morgan fingerprint density at radius 1 is 0.273 bits per heavy atom. The molecule has 11 aromatic rings. The van der Waals surface area contributed by atoms with E-state index in [1.165, 1.54) is 43.8 Å². The molecule has 0 fully saturated rings. The van der Waals surface area contributed by atoms with Gasteiger partial charge >= 0.3 is 0 Å². The lowest BCUT2D eigenvalue weighted by atomic mass is 9.93. The molecule has 0 atom stereocenters. The number of hydrogen-bond acceptors (Lipinski definition) is 3. The van der Waals surface area contributed by atoms with Crippen molar-refractivity contribution in [1.29, 1.82) is 0 Å². The van der Waals surface area contributed by atoms with Crippen molar-refractivity contribution in [2.45, 2.75) is 0 Å². The van der Waals surface area contributed by atoms with Crippen LogP contribution in [0.15, 0.2) is 182 Å². The summed E-state index contributed by atoms with van der Waals surface area (Å²) in [6.07, 6.45) is 0. The highest BCUT2D eigenvalue weighted by Crippen LogP contribution is 2.50. The van der Waals surface area contributed by atoms with Crippen LogP contribution < -0.4 is 0 Å². The summed E-state index contributed by atoms with van der Waals surface area (Å²) in [5.41, 5.74) is 11.2. The molecular weight excluding hydrogens is 669 g/mol. The molecule has 0 radical (unpaired) electrons. The Balaban J connectivity index is 1.17. The maximum absolute atomic E-state index is 5.34. The normalized spacial score (nSPS) is 12.0. The van der Waals surface area contributed by atoms with Gasteiger partial charge in [0.15, 0.2) is 17.5 Å². The minimum absolute atomic E-state index is 0.626. The molecule has 0 aliphatic heterocycles. The Morgan fingerprint density at radius 3 is 1.18 bits per heavy atom. The highest BCUT2D eigenvalue weighted by Gasteiger charge is 2.26. The second-order valence-corrected chi connectivity index (χ2v) is 14.3. The molecule has 2 aromatic heterocycles. The van der Waals surface area contributed by atoms with Gasteiger partial charge in [-0.25, -0.2) is 15.0 Å². The van der Waals surface area contributed by atoms with Crippen LogP contribution in [0.3, 0.4) is 0 Å². The highest BCUT2D eigenvalue weighted by atomic mass is 15.1. The van der Waals surface area contributed by atoms with Gasteiger partial charge in [0.1, 0.15) is 0 Å². The molecule has 1 aliphatic rings. The second kappa shape index (κ2) is 11.5. The number of hydrogen-bond donors (Lipinski definition) is 0. The van der Waals surface area contributed by atoms with Gasteiger partial charge in [0, 0.05) is 27.5 Å². The van der Waals surface area contributed by atoms with E-state index in [4.69, 9.17) is 15.0 Å². The Labute approximate surface area is 316 Å². The van der Waals surface area contributed by atoms with Crippen molar-refractivity contribution in [3.63, 3.8) is 0 Å². The summed E-state index contributed by atoms with van der Waals surface area (Å²) < 4.78 is 2.42. The van der Waals surface area contributed by atoms with Crippen molar-refractivity contribution in [3.8, 4) is 62.1 Å². The van der Waals surface area contributed by atoms with Crippen LogP contribution in [0.25, 0.3) is 116 Å². The first-order valence-electron chi connectivity index (χ1n) is 18.7. The number of rotatable bonds is 4. The smallest absolute Gasteiger partial charge is 0.166 e. The minimum atomic E-state index is 0.626. The van der Waals surface area contributed by atoms with E-state index < -0.39 is 0 Å². The monoisotopic (exact) mass is 698 g/mol. The zero-order valence-electron chi connectivity index (χ0n) is 29.6. The topological polar surface area (TPSA) is 43.6 Å². The van der Waals surface area contributed by atoms with Crippen molar-refractivity contribution in [3.05, 3.63) is 182 Å². The Hall–Kier alpha value is -7.43. The van der Waals surface area contributed by atoms with E-state index in [2.05, 4.69) is 187 Å². The first-order valence-corrected chi connectivity index (χ1v) is 18.7. The molecule has 4 heteroatoms. The Bertz CT molecular complexity index is 3190. The van der Waals surface area contributed by atoms with E-state index in [1.54, 1.807) is 0 Å². The van der Waals surface area contributed by atoms with E-state index in [9.17, 15) is 0 Å². The fraction of sp³-hybridized carbons (Fsp3) is 0. The SMILES string of the molecule is c1ccc(-n2c3cccc4c3c3c(cccc32)-c2cccc3cccc-4c23)c(-c2nc(-c3cccc4ccccc34)nc(-c3cccc4ccccc34)n2)c1. The number of benzene rings is 9. The Kier molecular flexibility index (Phi) is 6.31. The van der Waals surface area contributed by atoms with E-state index in [0.717, 1.165) is 55.0 Å². The van der Waals surface area contributed by atoms with Crippen molar-refractivity contribution >= 4 is 54.1 Å². The molecule has 0 spiro atoms. The molecule has 0 unspecified atom stereocenters. The molecule has 0 saturated heterocycles. The third-order valence-corrected chi connectivity index (χ3v) is 11.4. The molecule has 1 aliphatic carbocycles. The minimum Gasteiger partial charge on any atom is -0.308 e. The van der Waals surface area contributed by atoms with Gasteiger partial charge < -0.3 is 4.57 Å². The fourth-order valence-electron chi connectivity index (χ4n) is 9.04. The summed E-state index contributed by atoms with van der Waals surface area (Å²) in [7, 11) is 0. The predicted octanol–water partition coefficient (Wildman–Crippen LogP) is 13.1. The third kappa shape index (κ3) is 4.37. The summed E-state index contributed by atoms with van der Waals surface area (Å²) in [6.45, 7) is 0. The quantitative estimate of drug-likeness (QED) is 0.184. The molecule has 0 bridgehead atoms. The van der Waals surface area contributed by atoms with Gasteiger partial charge in [-0.3, -0.25) is 0 Å². The summed E-state index contributed by atoms with van der Waals surface area (Å²) >= 11 is 0. The fourth-order valence-corrected chi connectivity index (χ4v) is 9.04. The lowest BCUT2D eigenvalue weighted by Gasteiger charge is -2.16. The van der Waals surface area contributed by atoms with Crippen LogP contribution in [-0.4, -0.2) is 19.5 Å². The molecule has 254 valence electrons. The van der Waals surface area contributed by atoms with Gasteiger partial charge in [-0.05, 0) is 78.8 Å². The number of fused-ring (bicyclic) bond motifs is 4. The standard InChI is InChI=1S/C51H30N4/c1-3-19-34-31(13-1)15-7-26-40(34)49-52-50(41-27-8-16-32-14-2-4-20-35(32)41)54-51(53-49)42-21-5-6-28-43(42)55-44-29-11-24-38-36-22-9-17-33-18-10-23-37(46(33)36)39-25-12-30-45(55)48(39)47(38)44/h1-30H. The molecule has 12 rings (SSSR count). The van der Waals surface area contributed by atoms with Gasteiger partial charge in [0.05, 0.1) is 16.7 Å². The van der Waals surface area contributed by atoms with Crippen molar-refractivity contribution in [1.82, 2.24) is 19.5 Å². The van der Waals surface area contributed by atoms with Gasteiger partial charge in [-0.1, -0.05) is 158 Å². The average molecular weight is 699 g/mol. The van der Waals surface area contributed by atoms with Crippen molar-refractivity contribution < 1.29 is 0 Å². The van der Waals surface area contributed by atoms with Gasteiger partial charge in [-0.2, -0.15) is 0 Å². The summed E-state index contributed by atoms with van der Waals surface area (Å²) in [6, 6.07) is 64.9. The van der Waals surface area contributed by atoms with Gasteiger partial charge in [0.25, 0.3) is 0 Å². The lowest BCUT2D eigenvalue weighted by Crippen LogP contribution is -2.04. The zero-order chi connectivity index (χ0) is 36.0. The largest absolute Gasteiger partial charge is 0.308 e. The summed E-state index contributed by atoms with van der Waals surface area (Å²) in [4.78, 5) is 15.9. The van der Waals surface area contributed by atoms with Crippen LogP contribution in [-0.2, 0) is 0 Å². The van der Waals surface area contributed by atoms with E-state index in [-0.39, 0.29) is 0 Å². The first kappa shape index (κ1) is 30.1. The molecule has 9 aromatic carbocycles. The van der Waals surface area contributed by atoms with Crippen LogP contribution >= 0.6 is 0 Å². The number of nitrogens with zero attached hydrogens (tertiary/aromatic N) is 4. The third-order valence-electron chi connectivity index (χ3n) is 11.4. The van der Waals surface area contributed by atoms with Crippen LogP contribution in [0.2, 0.25) is 0 Å². The molecular formula is C51H30N4. The van der Waals surface area contributed by atoms with Crippen LogP contribution in [0.5, 0.6) is 0 Å². The molecule has 4 nitrogen and oxygen atoms in total.